The Morgan fingerprint density at radius 2 is 1.96 bits per heavy atom. The molecule has 7 heteroatoms. The topological polar surface area (TPSA) is 83.6 Å². The molecule has 0 bridgehead atoms. The highest BCUT2D eigenvalue weighted by atomic mass is 32.2. The molecule has 1 aromatic carbocycles. The molecule has 2 amide bonds. The van der Waals surface area contributed by atoms with Crippen molar-refractivity contribution in [2.45, 2.75) is 45.6 Å². The number of carbonyl (C=O) groups excluding carboxylic acids is 2. The first-order valence-corrected chi connectivity index (χ1v) is 11.0. The van der Waals surface area contributed by atoms with E-state index in [0.717, 1.165) is 31.4 Å². The lowest BCUT2D eigenvalue weighted by Gasteiger charge is -2.33. The molecule has 1 N–H and O–H groups in total. The number of amides is 2. The highest BCUT2D eigenvalue weighted by molar-refractivity contribution is 7.91. The predicted molar refractivity (Wildman–Crippen MR) is 101 cm³/mol. The quantitative estimate of drug-likeness (QED) is 0.875. The predicted octanol–water partition coefficient (Wildman–Crippen LogP) is 2.38. The number of likely N-dealkylation sites (tertiary alicyclic amines) is 1. The van der Waals surface area contributed by atoms with Crippen LogP contribution >= 0.6 is 0 Å². The maximum Gasteiger partial charge on any atom is 0.254 e. The molecule has 2 heterocycles. The zero-order valence-corrected chi connectivity index (χ0v) is 16.1. The molecule has 0 spiro atoms. The maximum atomic E-state index is 12.7. The Labute approximate surface area is 154 Å². The van der Waals surface area contributed by atoms with Crippen molar-refractivity contribution in [2.75, 3.05) is 23.4 Å². The number of hydrogen-bond acceptors (Lipinski definition) is 4. The van der Waals surface area contributed by atoms with Crippen LogP contribution in [0.1, 0.15) is 48.5 Å². The minimum absolute atomic E-state index is 0.0278. The van der Waals surface area contributed by atoms with Crippen LogP contribution in [0, 0.1) is 12.8 Å². The van der Waals surface area contributed by atoms with E-state index in [1.807, 2.05) is 11.8 Å². The van der Waals surface area contributed by atoms with Gasteiger partial charge in [-0.25, -0.2) is 8.42 Å². The van der Waals surface area contributed by atoms with Gasteiger partial charge in [-0.2, -0.15) is 0 Å². The average Bonchev–Trinajstić information content (AvgIpc) is 2.96. The van der Waals surface area contributed by atoms with Crippen LogP contribution in [0.5, 0.6) is 0 Å². The Hall–Kier alpha value is -1.89. The van der Waals surface area contributed by atoms with Gasteiger partial charge in [0.2, 0.25) is 5.91 Å². The van der Waals surface area contributed by atoms with Crippen LogP contribution in [-0.2, 0) is 14.6 Å². The third kappa shape index (κ3) is 4.09. The molecule has 3 rings (SSSR count). The second-order valence-electron chi connectivity index (χ2n) is 7.46. The number of nitrogens with one attached hydrogen (secondary N) is 1. The molecule has 2 atom stereocenters. The molecular formula is C19H26N2O4S. The number of nitrogens with zero attached hydrogens (tertiary/aromatic N) is 1. The van der Waals surface area contributed by atoms with E-state index < -0.39 is 15.8 Å². The van der Waals surface area contributed by atoms with E-state index in [1.165, 1.54) is 0 Å². The van der Waals surface area contributed by atoms with Gasteiger partial charge < -0.3 is 10.2 Å². The van der Waals surface area contributed by atoms with Gasteiger partial charge in [0, 0.05) is 23.8 Å². The van der Waals surface area contributed by atoms with Gasteiger partial charge in [0.25, 0.3) is 5.91 Å². The SMILES string of the molecule is Cc1cc(C(=O)N2CCCC[C@H]2C)ccc1NC(=O)[C@@H]1CCS(=O)(=O)C1. The molecule has 0 unspecified atom stereocenters. The minimum Gasteiger partial charge on any atom is -0.336 e. The van der Waals surface area contributed by atoms with Gasteiger partial charge >= 0.3 is 0 Å². The average molecular weight is 378 g/mol. The van der Waals surface area contributed by atoms with Crippen molar-refractivity contribution in [1.82, 2.24) is 4.90 Å². The first kappa shape index (κ1) is 18.9. The monoisotopic (exact) mass is 378 g/mol. The van der Waals surface area contributed by atoms with Crippen LogP contribution in [0.3, 0.4) is 0 Å². The van der Waals surface area contributed by atoms with Crippen molar-refractivity contribution in [3.8, 4) is 0 Å². The van der Waals surface area contributed by atoms with Gasteiger partial charge in [0.1, 0.15) is 0 Å². The fraction of sp³-hybridized carbons (Fsp3) is 0.579. The molecule has 0 saturated carbocycles. The second kappa shape index (κ2) is 7.39. The molecule has 142 valence electrons. The molecule has 2 fully saturated rings. The van der Waals surface area contributed by atoms with Gasteiger partial charge in [-0.1, -0.05) is 0 Å². The van der Waals surface area contributed by atoms with Crippen LogP contribution < -0.4 is 5.32 Å². The summed E-state index contributed by atoms with van der Waals surface area (Å²) in [6, 6.07) is 5.51. The highest BCUT2D eigenvalue weighted by Crippen LogP contribution is 2.24. The first-order chi connectivity index (χ1) is 12.3. The number of rotatable bonds is 3. The highest BCUT2D eigenvalue weighted by Gasteiger charge is 2.33. The van der Waals surface area contributed by atoms with Gasteiger partial charge in [-0.3, -0.25) is 9.59 Å². The summed E-state index contributed by atoms with van der Waals surface area (Å²) in [6.45, 7) is 4.71. The van der Waals surface area contributed by atoms with Gasteiger partial charge in [-0.15, -0.1) is 0 Å². The number of anilines is 1. The molecule has 0 radical (unpaired) electrons. The molecule has 0 aromatic heterocycles. The zero-order valence-electron chi connectivity index (χ0n) is 15.3. The van der Waals surface area contributed by atoms with Crippen LogP contribution in [0.4, 0.5) is 5.69 Å². The fourth-order valence-electron chi connectivity index (χ4n) is 3.74. The molecule has 0 aliphatic carbocycles. The fourth-order valence-corrected chi connectivity index (χ4v) is 5.48. The lowest BCUT2D eigenvalue weighted by Crippen LogP contribution is -2.42. The summed E-state index contributed by atoms with van der Waals surface area (Å²) in [5.74, 6) is -0.736. The maximum absolute atomic E-state index is 12.7. The molecular weight excluding hydrogens is 352 g/mol. The van der Waals surface area contributed by atoms with Crippen LogP contribution in [0.15, 0.2) is 18.2 Å². The van der Waals surface area contributed by atoms with Gasteiger partial charge in [-0.05, 0) is 63.3 Å². The summed E-state index contributed by atoms with van der Waals surface area (Å²) < 4.78 is 23.1. The number of sulfone groups is 1. The Bertz CT molecular complexity index is 819. The summed E-state index contributed by atoms with van der Waals surface area (Å²) in [5, 5.41) is 2.82. The number of benzene rings is 1. The van der Waals surface area contributed by atoms with Gasteiger partial charge in [0.05, 0.1) is 17.4 Å². The van der Waals surface area contributed by atoms with E-state index in [4.69, 9.17) is 0 Å². The Morgan fingerprint density at radius 3 is 2.58 bits per heavy atom. The Balaban J connectivity index is 1.69. The summed E-state index contributed by atoms with van der Waals surface area (Å²) in [4.78, 5) is 27.0. The normalized spacial score (nSPS) is 25.1. The van der Waals surface area contributed by atoms with Crippen molar-refractivity contribution in [1.29, 1.82) is 0 Å². The van der Waals surface area contributed by atoms with Crippen LogP contribution in [-0.4, -0.2) is 49.2 Å². The largest absolute Gasteiger partial charge is 0.336 e. The second-order valence-corrected chi connectivity index (χ2v) is 9.69. The summed E-state index contributed by atoms with van der Waals surface area (Å²) in [5.41, 5.74) is 2.05. The lowest BCUT2D eigenvalue weighted by atomic mass is 10.0. The molecule has 1 aromatic rings. The third-order valence-electron chi connectivity index (χ3n) is 5.40. The standard InChI is InChI=1S/C19H26N2O4S/c1-13-11-15(19(23)21-9-4-3-5-14(21)2)6-7-17(13)20-18(22)16-8-10-26(24,25)12-16/h6-7,11,14,16H,3-5,8-10,12H2,1-2H3,(H,20,22)/t14-,16-/m1/s1. The molecule has 6 nitrogen and oxygen atoms in total. The molecule has 26 heavy (non-hydrogen) atoms. The first-order valence-electron chi connectivity index (χ1n) is 9.20. The van der Waals surface area contributed by atoms with E-state index in [9.17, 15) is 18.0 Å². The van der Waals surface area contributed by atoms with E-state index in [1.54, 1.807) is 18.2 Å². The summed E-state index contributed by atoms with van der Waals surface area (Å²) in [6.07, 6.45) is 3.60. The third-order valence-corrected chi connectivity index (χ3v) is 7.17. The Morgan fingerprint density at radius 1 is 1.19 bits per heavy atom. The Kier molecular flexibility index (Phi) is 5.37. The van der Waals surface area contributed by atoms with Crippen molar-refractivity contribution in [3.05, 3.63) is 29.3 Å². The zero-order chi connectivity index (χ0) is 18.9. The smallest absolute Gasteiger partial charge is 0.254 e. The molecule has 2 aliphatic heterocycles. The molecule has 2 saturated heterocycles. The van der Waals surface area contributed by atoms with Gasteiger partial charge in [0.15, 0.2) is 9.84 Å². The van der Waals surface area contributed by atoms with E-state index in [0.29, 0.717) is 17.7 Å². The van der Waals surface area contributed by atoms with E-state index in [2.05, 4.69) is 12.2 Å². The van der Waals surface area contributed by atoms with E-state index >= 15 is 0 Å². The minimum atomic E-state index is -3.09. The van der Waals surface area contributed by atoms with Crippen molar-refractivity contribution >= 4 is 27.3 Å². The number of aryl methyl sites for hydroxylation is 1. The number of carbonyl (C=O) groups is 2. The lowest BCUT2D eigenvalue weighted by molar-refractivity contribution is -0.119. The summed E-state index contributed by atoms with van der Waals surface area (Å²) >= 11 is 0. The summed E-state index contributed by atoms with van der Waals surface area (Å²) in [7, 11) is -3.09. The van der Waals surface area contributed by atoms with Crippen molar-refractivity contribution in [3.63, 3.8) is 0 Å². The molecule has 2 aliphatic rings. The van der Waals surface area contributed by atoms with Crippen LogP contribution in [0.2, 0.25) is 0 Å². The van der Waals surface area contributed by atoms with Crippen molar-refractivity contribution < 1.29 is 18.0 Å². The van der Waals surface area contributed by atoms with Crippen LogP contribution in [0.25, 0.3) is 0 Å². The van der Waals surface area contributed by atoms with Crippen molar-refractivity contribution in [2.24, 2.45) is 5.92 Å². The number of piperidine rings is 1. The van der Waals surface area contributed by atoms with E-state index in [-0.39, 0.29) is 29.4 Å². The number of hydrogen-bond donors (Lipinski definition) is 1.